The normalized spacial score (nSPS) is 11.8. The minimum atomic E-state index is -1.19. The molecular weight excluding hydrogens is 256 g/mol. The quantitative estimate of drug-likeness (QED) is 0.724. The molecule has 0 aliphatic heterocycles. The minimum absolute atomic E-state index is 0.109. The predicted octanol–water partition coefficient (Wildman–Crippen LogP) is 0.278. The maximum atomic E-state index is 11.7. The lowest BCUT2D eigenvalue weighted by atomic mass is 10.2. The Morgan fingerprint density at radius 1 is 1.50 bits per heavy atom. The summed E-state index contributed by atoms with van der Waals surface area (Å²) in [6.07, 6.45) is 3.52. The third-order valence-corrected chi connectivity index (χ3v) is 3.01. The van der Waals surface area contributed by atoms with Crippen LogP contribution in [0.3, 0.4) is 0 Å². The van der Waals surface area contributed by atoms with Crippen LogP contribution in [0.25, 0.3) is 0 Å². The second-order valence-corrected chi connectivity index (χ2v) is 5.15. The van der Waals surface area contributed by atoms with Crippen LogP contribution in [0.4, 0.5) is 0 Å². The number of aromatic carboxylic acids is 1. The highest BCUT2D eigenvalue weighted by atomic mass is 32.2. The first-order valence-electron chi connectivity index (χ1n) is 5.29. The highest BCUT2D eigenvalue weighted by Gasteiger charge is 2.16. The lowest BCUT2D eigenvalue weighted by molar-refractivity contribution is 0.0690. The van der Waals surface area contributed by atoms with Crippen molar-refractivity contribution < 1.29 is 18.9 Å². The molecule has 1 rings (SSSR count). The van der Waals surface area contributed by atoms with Crippen LogP contribution in [0, 0.1) is 0 Å². The predicted molar refractivity (Wildman–Crippen MR) is 67.1 cm³/mol. The number of carboxylic acids is 1. The van der Waals surface area contributed by atoms with Gasteiger partial charge in [-0.2, -0.15) is 0 Å². The standard InChI is InChI=1S/C11H14N2O4S/c1-18(17)7-3-6-13-10(14)9-8(11(15)16)4-2-5-12-9/h2,4-5H,3,6-7H2,1H3,(H,13,14)(H,15,16). The van der Waals surface area contributed by atoms with E-state index in [2.05, 4.69) is 10.3 Å². The van der Waals surface area contributed by atoms with Gasteiger partial charge in [-0.05, 0) is 18.6 Å². The first-order chi connectivity index (χ1) is 8.52. The number of nitrogens with zero attached hydrogens (tertiary/aromatic N) is 1. The van der Waals surface area contributed by atoms with Gasteiger partial charge >= 0.3 is 5.97 Å². The molecule has 0 bridgehead atoms. The summed E-state index contributed by atoms with van der Waals surface area (Å²) in [4.78, 5) is 26.3. The van der Waals surface area contributed by atoms with Gasteiger partial charge in [0.15, 0.2) is 0 Å². The Morgan fingerprint density at radius 3 is 2.83 bits per heavy atom. The Balaban J connectivity index is 2.61. The summed E-state index contributed by atoms with van der Waals surface area (Å²) < 4.78 is 10.8. The molecule has 1 atom stereocenters. The van der Waals surface area contributed by atoms with E-state index in [-0.39, 0.29) is 11.3 Å². The van der Waals surface area contributed by atoms with Crippen LogP contribution in [0.5, 0.6) is 0 Å². The number of hydrogen-bond donors (Lipinski definition) is 2. The monoisotopic (exact) mass is 270 g/mol. The lowest BCUT2D eigenvalue weighted by Crippen LogP contribution is -2.28. The van der Waals surface area contributed by atoms with Crippen molar-refractivity contribution in [3.05, 3.63) is 29.6 Å². The molecule has 1 heterocycles. The molecule has 1 aromatic heterocycles. The smallest absolute Gasteiger partial charge is 0.338 e. The van der Waals surface area contributed by atoms with Crippen LogP contribution >= 0.6 is 0 Å². The number of rotatable bonds is 6. The zero-order valence-corrected chi connectivity index (χ0v) is 10.7. The van der Waals surface area contributed by atoms with Crippen molar-refractivity contribution >= 4 is 22.7 Å². The van der Waals surface area contributed by atoms with Crippen molar-refractivity contribution in [3.8, 4) is 0 Å². The Labute approximate surface area is 107 Å². The highest BCUT2D eigenvalue weighted by molar-refractivity contribution is 7.84. The largest absolute Gasteiger partial charge is 0.478 e. The molecule has 98 valence electrons. The van der Waals surface area contributed by atoms with Crippen molar-refractivity contribution in [2.45, 2.75) is 6.42 Å². The third kappa shape index (κ3) is 4.25. The molecule has 0 aromatic carbocycles. The fourth-order valence-electron chi connectivity index (χ4n) is 1.32. The lowest BCUT2D eigenvalue weighted by Gasteiger charge is -2.06. The van der Waals surface area contributed by atoms with Crippen LogP contribution in [-0.4, -0.2) is 44.7 Å². The van der Waals surface area contributed by atoms with Gasteiger partial charge in [0.2, 0.25) is 0 Å². The number of carbonyl (C=O) groups is 2. The summed E-state index contributed by atoms with van der Waals surface area (Å²) in [6, 6.07) is 2.78. The zero-order valence-electron chi connectivity index (χ0n) is 9.88. The number of aromatic nitrogens is 1. The van der Waals surface area contributed by atoms with E-state index in [4.69, 9.17) is 5.11 Å². The highest BCUT2D eigenvalue weighted by Crippen LogP contribution is 2.05. The van der Waals surface area contributed by atoms with Gasteiger partial charge in [0, 0.05) is 35.5 Å². The Morgan fingerprint density at radius 2 is 2.22 bits per heavy atom. The molecule has 7 heteroatoms. The van der Waals surface area contributed by atoms with Gasteiger partial charge in [0.05, 0.1) is 5.56 Å². The molecule has 1 unspecified atom stereocenters. The molecule has 0 radical (unpaired) electrons. The molecule has 0 saturated heterocycles. The van der Waals surface area contributed by atoms with Gasteiger partial charge in [-0.3, -0.25) is 14.0 Å². The van der Waals surface area contributed by atoms with Gasteiger partial charge in [-0.15, -0.1) is 0 Å². The van der Waals surface area contributed by atoms with Gasteiger partial charge in [0.25, 0.3) is 5.91 Å². The van der Waals surface area contributed by atoms with E-state index in [1.54, 1.807) is 6.26 Å². The molecule has 0 saturated carbocycles. The van der Waals surface area contributed by atoms with Crippen LogP contribution in [0.15, 0.2) is 18.3 Å². The van der Waals surface area contributed by atoms with Gasteiger partial charge in [-0.25, -0.2) is 4.79 Å². The average Bonchev–Trinajstić information content (AvgIpc) is 2.34. The van der Waals surface area contributed by atoms with E-state index in [1.807, 2.05) is 0 Å². The molecule has 0 aliphatic rings. The van der Waals surface area contributed by atoms with Crippen molar-refractivity contribution in [1.29, 1.82) is 0 Å². The van der Waals surface area contributed by atoms with Gasteiger partial charge < -0.3 is 10.4 Å². The Bertz CT molecular complexity index is 476. The van der Waals surface area contributed by atoms with Crippen molar-refractivity contribution in [2.24, 2.45) is 0 Å². The maximum absolute atomic E-state index is 11.7. The number of carboxylic acid groups (broad SMARTS) is 1. The third-order valence-electron chi connectivity index (χ3n) is 2.15. The van der Waals surface area contributed by atoms with Crippen molar-refractivity contribution in [1.82, 2.24) is 10.3 Å². The summed E-state index contributed by atoms with van der Waals surface area (Å²) in [6.45, 7) is 0.341. The second-order valence-electron chi connectivity index (χ2n) is 3.59. The molecule has 1 amide bonds. The number of amides is 1. The maximum Gasteiger partial charge on any atom is 0.338 e. The van der Waals surface area contributed by atoms with Crippen molar-refractivity contribution in [3.63, 3.8) is 0 Å². The van der Waals surface area contributed by atoms with E-state index < -0.39 is 22.7 Å². The molecule has 1 aromatic rings. The topological polar surface area (TPSA) is 96.4 Å². The van der Waals surface area contributed by atoms with Crippen LogP contribution < -0.4 is 5.32 Å². The van der Waals surface area contributed by atoms with E-state index in [1.165, 1.54) is 18.3 Å². The summed E-state index contributed by atoms with van der Waals surface area (Å²) in [5.41, 5.74) is -0.239. The number of nitrogens with one attached hydrogen (secondary N) is 1. The minimum Gasteiger partial charge on any atom is -0.478 e. The summed E-state index contributed by atoms with van der Waals surface area (Å²) >= 11 is 0. The van der Waals surface area contributed by atoms with Crippen LogP contribution in [-0.2, 0) is 10.8 Å². The molecule has 0 fully saturated rings. The van der Waals surface area contributed by atoms with Crippen molar-refractivity contribution in [2.75, 3.05) is 18.6 Å². The van der Waals surface area contributed by atoms with Crippen LogP contribution in [0.1, 0.15) is 27.3 Å². The Kier molecular flexibility index (Phi) is 5.44. The van der Waals surface area contributed by atoms with E-state index in [0.717, 1.165) is 0 Å². The summed E-state index contributed by atoms with van der Waals surface area (Å²) in [5.74, 6) is -1.23. The molecule has 0 aliphatic carbocycles. The SMILES string of the molecule is CS(=O)CCCNC(=O)c1ncccc1C(=O)O. The summed E-state index contributed by atoms with van der Waals surface area (Å²) in [7, 11) is -0.898. The average molecular weight is 270 g/mol. The van der Waals surface area contributed by atoms with Gasteiger partial charge in [0.1, 0.15) is 5.69 Å². The molecular formula is C11H14N2O4S. The molecule has 6 nitrogen and oxygen atoms in total. The first kappa shape index (κ1) is 14.3. The molecule has 18 heavy (non-hydrogen) atoms. The fraction of sp³-hybridized carbons (Fsp3) is 0.364. The van der Waals surface area contributed by atoms with Gasteiger partial charge in [-0.1, -0.05) is 0 Å². The second kappa shape index (κ2) is 6.85. The molecule has 0 spiro atoms. The number of carbonyl (C=O) groups excluding carboxylic acids is 1. The van der Waals surface area contributed by atoms with Crippen LogP contribution in [0.2, 0.25) is 0 Å². The number of hydrogen-bond acceptors (Lipinski definition) is 4. The number of pyridine rings is 1. The Hall–Kier alpha value is -1.76. The first-order valence-corrected chi connectivity index (χ1v) is 7.01. The van der Waals surface area contributed by atoms with E-state index >= 15 is 0 Å². The zero-order chi connectivity index (χ0) is 13.5. The van der Waals surface area contributed by atoms with E-state index in [0.29, 0.717) is 18.7 Å². The van der Waals surface area contributed by atoms with E-state index in [9.17, 15) is 13.8 Å². The molecule has 2 N–H and O–H groups in total. The fourth-order valence-corrected chi connectivity index (χ4v) is 1.87. The summed E-state index contributed by atoms with van der Waals surface area (Å²) in [5, 5.41) is 11.4.